The summed E-state index contributed by atoms with van der Waals surface area (Å²) in [6.45, 7) is 4.46. The van der Waals surface area contributed by atoms with Gasteiger partial charge in [-0.3, -0.25) is 4.79 Å². The van der Waals surface area contributed by atoms with Crippen LogP contribution in [0.5, 0.6) is 0 Å². The molecule has 0 heterocycles. The second kappa shape index (κ2) is 12.4. The van der Waals surface area contributed by atoms with Crippen LogP contribution in [0, 0.1) is 13.8 Å². The van der Waals surface area contributed by atoms with Gasteiger partial charge in [0.15, 0.2) is 0 Å². The van der Waals surface area contributed by atoms with Gasteiger partial charge in [0.25, 0.3) is 0 Å². The molecule has 2 N–H and O–H groups in total. The van der Waals surface area contributed by atoms with Crippen molar-refractivity contribution < 1.29 is 13.2 Å². The molecule has 0 aliphatic carbocycles. The largest absolute Gasteiger partial charge is 0.354 e. The van der Waals surface area contributed by atoms with E-state index in [1.54, 1.807) is 47.8 Å². The first-order chi connectivity index (χ1) is 14.3. The van der Waals surface area contributed by atoms with Gasteiger partial charge in [0.2, 0.25) is 15.9 Å². The molecule has 30 heavy (non-hydrogen) atoms. The van der Waals surface area contributed by atoms with Crippen LogP contribution in [0.3, 0.4) is 0 Å². The molecule has 8 heteroatoms. The molecule has 164 valence electrons. The third kappa shape index (κ3) is 8.34. The first-order valence-electron chi connectivity index (χ1n) is 9.81. The molecule has 0 aliphatic rings. The molecular formula is C22H30N2O3S3. The summed E-state index contributed by atoms with van der Waals surface area (Å²) in [4.78, 5) is 12.8. The van der Waals surface area contributed by atoms with Gasteiger partial charge in [-0.2, -0.15) is 28.2 Å². The summed E-state index contributed by atoms with van der Waals surface area (Å²) >= 11 is 3.32. The maximum atomic E-state index is 12.7. The van der Waals surface area contributed by atoms with Crippen LogP contribution in [0.15, 0.2) is 53.4 Å². The van der Waals surface area contributed by atoms with Crippen LogP contribution in [-0.4, -0.2) is 44.7 Å². The van der Waals surface area contributed by atoms with E-state index >= 15 is 0 Å². The highest BCUT2D eigenvalue weighted by Crippen LogP contribution is 2.14. The molecule has 1 amide bonds. The molecule has 2 rings (SSSR count). The number of carbonyl (C=O) groups is 1. The lowest BCUT2D eigenvalue weighted by molar-refractivity contribution is -0.122. The van der Waals surface area contributed by atoms with Gasteiger partial charge in [-0.15, -0.1) is 0 Å². The number of rotatable bonds is 12. The summed E-state index contributed by atoms with van der Waals surface area (Å²) in [5.41, 5.74) is 3.47. The van der Waals surface area contributed by atoms with Crippen LogP contribution < -0.4 is 10.0 Å². The lowest BCUT2D eigenvalue weighted by Gasteiger charge is -2.18. The van der Waals surface area contributed by atoms with Crippen LogP contribution >= 0.6 is 23.5 Å². The van der Waals surface area contributed by atoms with Crippen LogP contribution in [0.2, 0.25) is 0 Å². The third-order valence-corrected chi connectivity index (χ3v) is 7.65. The second-order valence-electron chi connectivity index (χ2n) is 7.10. The minimum Gasteiger partial charge on any atom is -0.354 e. The summed E-state index contributed by atoms with van der Waals surface area (Å²) in [6, 6.07) is 14.2. The van der Waals surface area contributed by atoms with Crippen LogP contribution in [-0.2, 0) is 20.6 Å². The Hall–Kier alpha value is -1.48. The Kier molecular flexibility index (Phi) is 10.2. The van der Waals surface area contributed by atoms with Crippen LogP contribution in [0.25, 0.3) is 0 Å². The van der Waals surface area contributed by atoms with Gasteiger partial charge >= 0.3 is 0 Å². The fourth-order valence-corrected chi connectivity index (χ4v) is 5.22. The molecule has 0 fully saturated rings. The van der Waals surface area contributed by atoms with E-state index < -0.39 is 16.1 Å². The minimum absolute atomic E-state index is 0.170. The normalized spacial score (nSPS) is 12.5. The fraction of sp³-hybridized carbons (Fsp3) is 0.409. The van der Waals surface area contributed by atoms with E-state index in [-0.39, 0.29) is 10.8 Å². The number of aryl methyl sites for hydroxylation is 2. The Balaban J connectivity index is 1.86. The number of amides is 1. The number of hydrogen-bond acceptors (Lipinski definition) is 5. The summed E-state index contributed by atoms with van der Waals surface area (Å²) in [6.07, 6.45) is 2.37. The van der Waals surface area contributed by atoms with Gasteiger partial charge in [-0.05, 0) is 50.0 Å². The van der Waals surface area contributed by atoms with E-state index in [4.69, 9.17) is 0 Å². The second-order valence-corrected chi connectivity index (χ2v) is 10.9. The molecule has 0 bridgehead atoms. The summed E-state index contributed by atoms with van der Waals surface area (Å²) in [5, 5.41) is 2.87. The first-order valence-corrected chi connectivity index (χ1v) is 13.8. The summed E-state index contributed by atoms with van der Waals surface area (Å²) in [7, 11) is -3.75. The lowest BCUT2D eigenvalue weighted by Crippen LogP contribution is -2.47. The minimum atomic E-state index is -3.75. The highest BCUT2D eigenvalue weighted by atomic mass is 32.2. The van der Waals surface area contributed by atoms with E-state index in [0.717, 1.165) is 17.1 Å². The molecule has 5 nitrogen and oxygen atoms in total. The number of hydrogen-bond donors (Lipinski definition) is 2. The summed E-state index contributed by atoms with van der Waals surface area (Å²) < 4.78 is 27.9. The Labute approximate surface area is 188 Å². The number of thioether (sulfide) groups is 2. The van der Waals surface area contributed by atoms with Crippen molar-refractivity contribution in [2.24, 2.45) is 0 Å². The van der Waals surface area contributed by atoms with Crippen molar-refractivity contribution in [2.45, 2.75) is 37.0 Å². The first kappa shape index (κ1) is 24.8. The van der Waals surface area contributed by atoms with Crippen molar-refractivity contribution in [2.75, 3.05) is 24.3 Å². The molecule has 0 radical (unpaired) electrons. The predicted octanol–water partition coefficient (Wildman–Crippen LogP) is 3.75. The van der Waals surface area contributed by atoms with Crippen molar-refractivity contribution >= 4 is 39.5 Å². The SMILES string of the molecule is CSCCC(NS(=O)(=O)c1ccc(C)cc1)C(=O)NCCSCc1ccc(C)cc1. The van der Waals surface area contributed by atoms with Crippen molar-refractivity contribution in [1.82, 2.24) is 10.0 Å². The smallest absolute Gasteiger partial charge is 0.241 e. The van der Waals surface area contributed by atoms with Crippen LogP contribution in [0.4, 0.5) is 0 Å². The number of benzene rings is 2. The van der Waals surface area contributed by atoms with Crippen molar-refractivity contribution in [3.63, 3.8) is 0 Å². The average Bonchev–Trinajstić information content (AvgIpc) is 2.72. The monoisotopic (exact) mass is 466 g/mol. The van der Waals surface area contributed by atoms with Gasteiger partial charge in [0.05, 0.1) is 4.90 Å². The Morgan fingerprint density at radius 3 is 2.17 bits per heavy atom. The average molecular weight is 467 g/mol. The zero-order valence-corrected chi connectivity index (χ0v) is 20.1. The van der Waals surface area contributed by atoms with Gasteiger partial charge in [0.1, 0.15) is 6.04 Å². The molecule has 0 aliphatic heterocycles. The zero-order valence-electron chi connectivity index (χ0n) is 17.7. The van der Waals surface area contributed by atoms with Crippen molar-refractivity contribution in [3.8, 4) is 0 Å². The Morgan fingerprint density at radius 1 is 0.967 bits per heavy atom. The highest BCUT2D eigenvalue weighted by molar-refractivity contribution is 7.98. The fourth-order valence-electron chi connectivity index (χ4n) is 2.70. The van der Waals surface area contributed by atoms with Crippen LogP contribution in [0.1, 0.15) is 23.1 Å². The van der Waals surface area contributed by atoms with Gasteiger partial charge in [-0.25, -0.2) is 8.42 Å². The highest BCUT2D eigenvalue weighted by Gasteiger charge is 2.25. The topological polar surface area (TPSA) is 75.3 Å². The standard InChI is InChI=1S/C22H30N2O3S3/c1-17-4-8-19(9-5-17)16-29-15-13-23-22(25)21(12-14-28-3)24-30(26,27)20-10-6-18(2)7-11-20/h4-11,21,24H,12-16H2,1-3H3,(H,23,25). The molecular weight excluding hydrogens is 436 g/mol. The van der Waals surface area contributed by atoms with E-state index in [0.29, 0.717) is 18.7 Å². The van der Waals surface area contributed by atoms with E-state index in [9.17, 15) is 13.2 Å². The quantitative estimate of drug-likeness (QED) is 0.466. The third-order valence-electron chi connectivity index (χ3n) is 4.49. The molecule has 0 saturated heterocycles. The zero-order chi connectivity index (χ0) is 22.0. The van der Waals surface area contributed by atoms with Gasteiger partial charge < -0.3 is 5.32 Å². The predicted molar refractivity (Wildman–Crippen MR) is 129 cm³/mol. The lowest BCUT2D eigenvalue weighted by atomic mass is 10.2. The van der Waals surface area contributed by atoms with Gasteiger partial charge in [-0.1, -0.05) is 47.5 Å². The summed E-state index contributed by atoms with van der Waals surface area (Å²) in [5.74, 6) is 2.05. The maximum Gasteiger partial charge on any atom is 0.241 e. The number of sulfonamides is 1. The molecule has 1 unspecified atom stereocenters. The van der Waals surface area contributed by atoms with Gasteiger partial charge in [0, 0.05) is 18.1 Å². The molecule has 0 saturated carbocycles. The molecule has 0 spiro atoms. The van der Waals surface area contributed by atoms with Crippen molar-refractivity contribution in [3.05, 3.63) is 65.2 Å². The number of nitrogens with one attached hydrogen (secondary N) is 2. The Morgan fingerprint density at radius 2 is 1.57 bits per heavy atom. The number of carbonyl (C=O) groups excluding carboxylic acids is 1. The van der Waals surface area contributed by atoms with E-state index in [1.165, 1.54) is 11.1 Å². The maximum absolute atomic E-state index is 12.7. The molecule has 2 aromatic rings. The molecule has 1 atom stereocenters. The Bertz CT molecular complexity index is 898. The van der Waals surface area contributed by atoms with E-state index in [1.807, 2.05) is 13.2 Å². The molecule has 0 aromatic heterocycles. The van der Waals surface area contributed by atoms with Crippen molar-refractivity contribution in [1.29, 1.82) is 0 Å². The molecule has 2 aromatic carbocycles. The van der Waals surface area contributed by atoms with E-state index in [2.05, 4.69) is 41.2 Å².